The summed E-state index contributed by atoms with van der Waals surface area (Å²) in [5, 5.41) is 4.81. The third-order valence-corrected chi connectivity index (χ3v) is 4.47. The summed E-state index contributed by atoms with van der Waals surface area (Å²) in [6.07, 6.45) is 3.86. The maximum atomic E-state index is 6.19. The molecular formula is C20H31N3O. The lowest BCUT2D eigenvalue weighted by Gasteiger charge is -2.12. The molecular weight excluding hydrogens is 298 g/mol. The van der Waals surface area contributed by atoms with Gasteiger partial charge in [0.1, 0.15) is 0 Å². The van der Waals surface area contributed by atoms with Crippen LogP contribution in [0.1, 0.15) is 49.7 Å². The standard InChI is InChI=1S/C20H31N3O/c1-4-17(21)14-18-19(5-2)22-23(20(18)6-3)12-13-24-15-16-10-8-7-9-11-16/h7-11,17H,4-6,12-15,21H2,1-3H3. The summed E-state index contributed by atoms with van der Waals surface area (Å²) in [5.74, 6) is 0. The second kappa shape index (κ2) is 9.60. The van der Waals surface area contributed by atoms with Crippen LogP contribution in [-0.4, -0.2) is 22.4 Å². The third-order valence-electron chi connectivity index (χ3n) is 4.47. The largest absolute Gasteiger partial charge is 0.375 e. The molecule has 0 saturated carbocycles. The van der Waals surface area contributed by atoms with Crippen LogP contribution in [0.15, 0.2) is 30.3 Å². The summed E-state index contributed by atoms with van der Waals surface area (Å²) in [6, 6.07) is 10.5. The second-order valence-electron chi connectivity index (χ2n) is 6.21. The SMILES string of the molecule is CCc1nn(CCOCc2ccccc2)c(CC)c1CC(N)CC. The lowest BCUT2D eigenvalue weighted by Crippen LogP contribution is -2.22. The quantitative estimate of drug-likeness (QED) is 0.679. The van der Waals surface area contributed by atoms with Gasteiger partial charge in [-0.25, -0.2) is 0 Å². The second-order valence-corrected chi connectivity index (χ2v) is 6.21. The van der Waals surface area contributed by atoms with E-state index in [0.717, 1.165) is 32.2 Å². The molecule has 0 aliphatic carbocycles. The molecule has 1 aromatic carbocycles. The number of hydrogen-bond acceptors (Lipinski definition) is 3. The fraction of sp³-hybridized carbons (Fsp3) is 0.550. The molecule has 0 radical (unpaired) electrons. The molecule has 132 valence electrons. The molecule has 0 spiro atoms. The topological polar surface area (TPSA) is 53.1 Å². The number of nitrogens with zero attached hydrogens (tertiary/aromatic N) is 2. The lowest BCUT2D eigenvalue weighted by atomic mass is 10.00. The molecule has 2 aromatic rings. The number of ether oxygens (including phenoxy) is 1. The van der Waals surface area contributed by atoms with E-state index >= 15 is 0 Å². The maximum Gasteiger partial charge on any atom is 0.0717 e. The Morgan fingerprint density at radius 1 is 1.12 bits per heavy atom. The number of nitrogens with two attached hydrogens (primary N) is 1. The van der Waals surface area contributed by atoms with Gasteiger partial charge in [0, 0.05) is 11.7 Å². The van der Waals surface area contributed by atoms with Crippen molar-refractivity contribution in [2.75, 3.05) is 6.61 Å². The minimum atomic E-state index is 0.215. The Bertz CT molecular complexity index is 607. The van der Waals surface area contributed by atoms with Crippen molar-refractivity contribution < 1.29 is 4.74 Å². The molecule has 4 nitrogen and oxygen atoms in total. The number of hydrogen-bond donors (Lipinski definition) is 1. The van der Waals surface area contributed by atoms with Crippen LogP contribution in [0, 0.1) is 0 Å². The molecule has 0 saturated heterocycles. The summed E-state index contributed by atoms with van der Waals surface area (Å²) >= 11 is 0. The normalized spacial score (nSPS) is 12.5. The van der Waals surface area contributed by atoms with E-state index in [1.165, 1.54) is 22.5 Å². The van der Waals surface area contributed by atoms with Crippen LogP contribution in [0.25, 0.3) is 0 Å². The molecule has 0 bridgehead atoms. The molecule has 0 aliphatic rings. The van der Waals surface area contributed by atoms with E-state index in [-0.39, 0.29) is 6.04 Å². The fourth-order valence-electron chi connectivity index (χ4n) is 3.01. The van der Waals surface area contributed by atoms with Gasteiger partial charge in [-0.05, 0) is 36.8 Å². The first kappa shape index (κ1) is 18.7. The van der Waals surface area contributed by atoms with Gasteiger partial charge in [0.15, 0.2) is 0 Å². The molecule has 24 heavy (non-hydrogen) atoms. The molecule has 1 atom stereocenters. The number of aryl methyl sites for hydroxylation is 1. The van der Waals surface area contributed by atoms with Crippen LogP contribution in [0.2, 0.25) is 0 Å². The Morgan fingerprint density at radius 2 is 1.88 bits per heavy atom. The summed E-state index contributed by atoms with van der Waals surface area (Å²) in [5.41, 5.74) is 11.3. The van der Waals surface area contributed by atoms with E-state index in [0.29, 0.717) is 13.2 Å². The highest BCUT2D eigenvalue weighted by Gasteiger charge is 2.17. The molecule has 1 aromatic heterocycles. The van der Waals surface area contributed by atoms with Crippen molar-refractivity contribution in [2.45, 2.75) is 65.6 Å². The maximum absolute atomic E-state index is 6.19. The van der Waals surface area contributed by atoms with Gasteiger partial charge in [-0.3, -0.25) is 4.68 Å². The van der Waals surface area contributed by atoms with Gasteiger partial charge in [0.2, 0.25) is 0 Å². The Morgan fingerprint density at radius 3 is 2.50 bits per heavy atom. The molecule has 2 N–H and O–H groups in total. The van der Waals surface area contributed by atoms with Crippen molar-refractivity contribution in [1.29, 1.82) is 0 Å². The summed E-state index contributed by atoms with van der Waals surface area (Å²) in [6.45, 7) is 8.62. The van der Waals surface area contributed by atoms with E-state index in [1.807, 2.05) is 18.2 Å². The molecule has 1 heterocycles. The number of benzene rings is 1. The number of aromatic nitrogens is 2. The van der Waals surface area contributed by atoms with Crippen molar-refractivity contribution in [2.24, 2.45) is 5.73 Å². The molecule has 2 rings (SSSR count). The van der Waals surface area contributed by atoms with Gasteiger partial charge in [-0.15, -0.1) is 0 Å². The van der Waals surface area contributed by atoms with E-state index < -0.39 is 0 Å². The van der Waals surface area contributed by atoms with Crippen LogP contribution >= 0.6 is 0 Å². The first-order valence-corrected chi connectivity index (χ1v) is 9.14. The Balaban J connectivity index is 1.98. The fourth-order valence-corrected chi connectivity index (χ4v) is 3.01. The smallest absolute Gasteiger partial charge is 0.0717 e. The van der Waals surface area contributed by atoms with Gasteiger partial charge in [-0.1, -0.05) is 51.1 Å². The van der Waals surface area contributed by atoms with Crippen molar-refractivity contribution in [3.63, 3.8) is 0 Å². The van der Waals surface area contributed by atoms with Crippen molar-refractivity contribution in [1.82, 2.24) is 9.78 Å². The first-order valence-electron chi connectivity index (χ1n) is 9.14. The van der Waals surface area contributed by atoms with Crippen LogP contribution < -0.4 is 5.73 Å². The van der Waals surface area contributed by atoms with Crippen LogP contribution in [-0.2, 0) is 37.2 Å². The molecule has 4 heteroatoms. The monoisotopic (exact) mass is 329 g/mol. The highest BCUT2D eigenvalue weighted by Crippen LogP contribution is 2.19. The van der Waals surface area contributed by atoms with Crippen molar-refractivity contribution >= 4 is 0 Å². The minimum Gasteiger partial charge on any atom is -0.375 e. The highest BCUT2D eigenvalue weighted by atomic mass is 16.5. The number of rotatable bonds is 10. The molecule has 0 fully saturated rings. The lowest BCUT2D eigenvalue weighted by molar-refractivity contribution is 0.110. The minimum absolute atomic E-state index is 0.215. The summed E-state index contributed by atoms with van der Waals surface area (Å²) in [7, 11) is 0. The van der Waals surface area contributed by atoms with Gasteiger partial charge in [-0.2, -0.15) is 5.10 Å². The average Bonchev–Trinajstić information content (AvgIpc) is 2.95. The predicted molar refractivity (Wildman–Crippen MR) is 99.1 cm³/mol. The van der Waals surface area contributed by atoms with Crippen LogP contribution in [0.5, 0.6) is 0 Å². The summed E-state index contributed by atoms with van der Waals surface area (Å²) < 4.78 is 7.95. The van der Waals surface area contributed by atoms with Crippen molar-refractivity contribution in [3.8, 4) is 0 Å². The average molecular weight is 329 g/mol. The zero-order chi connectivity index (χ0) is 17.4. The zero-order valence-electron chi connectivity index (χ0n) is 15.3. The van der Waals surface area contributed by atoms with Crippen LogP contribution in [0.3, 0.4) is 0 Å². The van der Waals surface area contributed by atoms with Crippen LogP contribution in [0.4, 0.5) is 0 Å². The van der Waals surface area contributed by atoms with Gasteiger partial charge < -0.3 is 10.5 Å². The Labute approximate surface area is 146 Å². The zero-order valence-corrected chi connectivity index (χ0v) is 15.3. The van der Waals surface area contributed by atoms with Gasteiger partial charge in [0.25, 0.3) is 0 Å². The van der Waals surface area contributed by atoms with Gasteiger partial charge >= 0.3 is 0 Å². The highest BCUT2D eigenvalue weighted by molar-refractivity contribution is 5.28. The van der Waals surface area contributed by atoms with E-state index in [4.69, 9.17) is 15.6 Å². The Hall–Kier alpha value is -1.65. The van der Waals surface area contributed by atoms with Gasteiger partial charge in [0.05, 0.1) is 25.5 Å². The third kappa shape index (κ3) is 4.92. The Kier molecular flexibility index (Phi) is 7.47. The molecule has 0 aliphatic heterocycles. The van der Waals surface area contributed by atoms with E-state index in [2.05, 4.69) is 37.6 Å². The van der Waals surface area contributed by atoms with E-state index in [1.54, 1.807) is 0 Å². The van der Waals surface area contributed by atoms with E-state index in [9.17, 15) is 0 Å². The molecule has 1 unspecified atom stereocenters. The van der Waals surface area contributed by atoms with Crippen molar-refractivity contribution in [3.05, 3.63) is 52.8 Å². The first-order chi connectivity index (χ1) is 11.7. The summed E-state index contributed by atoms with van der Waals surface area (Å²) in [4.78, 5) is 0. The molecule has 0 amide bonds. The predicted octanol–water partition coefficient (Wildman–Crippen LogP) is 3.50.